The zero-order valence-corrected chi connectivity index (χ0v) is 15.4. The number of rotatable bonds is 3. The molecule has 134 valence electrons. The molecule has 5 rings (SSSR count). The molecule has 2 aromatic carbocycles. The molecular formula is C23H21N3O. The van der Waals surface area contributed by atoms with Crippen molar-refractivity contribution < 1.29 is 0 Å². The molecule has 4 nitrogen and oxygen atoms in total. The smallest absolute Gasteiger partial charge is 0.298 e. The van der Waals surface area contributed by atoms with Gasteiger partial charge in [0.1, 0.15) is 0 Å². The third kappa shape index (κ3) is 2.69. The minimum absolute atomic E-state index is 0.0909. The average Bonchev–Trinajstić information content (AvgIpc) is 3.35. The van der Waals surface area contributed by atoms with Gasteiger partial charge in [-0.15, -0.1) is 0 Å². The third-order valence-electron chi connectivity index (χ3n) is 5.54. The van der Waals surface area contributed by atoms with Gasteiger partial charge in [0, 0.05) is 29.8 Å². The molecule has 0 fully saturated rings. The monoisotopic (exact) mass is 355 g/mol. The van der Waals surface area contributed by atoms with Crippen molar-refractivity contribution in [2.45, 2.75) is 32.6 Å². The second kappa shape index (κ2) is 6.23. The molecule has 1 aliphatic rings. The lowest BCUT2D eigenvalue weighted by molar-refractivity contribution is 0.910. The normalized spacial score (nSPS) is 13.2. The van der Waals surface area contributed by atoms with Gasteiger partial charge < -0.3 is 4.40 Å². The Morgan fingerprint density at radius 1 is 1.00 bits per heavy atom. The van der Waals surface area contributed by atoms with E-state index in [2.05, 4.69) is 48.3 Å². The topological polar surface area (TPSA) is 39.3 Å². The molecule has 0 atom stereocenters. The van der Waals surface area contributed by atoms with E-state index in [-0.39, 0.29) is 5.56 Å². The summed E-state index contributed by atoms with van der Waals surface area (Å²) in [6.45, 7) is 2.14. The maximum absolute atomic E-state index is 13.1. The largest absolute Gasteiger partial charge is 0.300 e. The van der Waals surface area contributed by atoms with E-state index in [9.17, 15) is 4.79 Å². The standard InChI is InChI=1S/C23H21N3O/c1-2-16-6-8-18(9-7-16)21-15-25-12-13-26(23(27)22(25)24-21)20-11-10-17-4-3-5-19(17)14-20/h6-15H,2-5H2,1H3. The number of aromatic nitrogens is 3. The van der Waals surface area contributed by atoms with Crippen molar-refractivity contribution >= 4 is 5.65 Å². The second-order valence-corrected chi connectivity index (χ2v) is 7.19. The van der Waals surface area contributed by atoms with E-state index in [1.165, 1.54) is 23.1 Å². The van der Waals surface area contributed by atoms with Crippen LogP contribution in [0.4, 0.5) is 0 Å². The maximum Gasteiger partial charge on any atom is 0.298 e. The van der Waals surface area contributed by atoms with Gasteiger partial charge in [0.2, 0.25) is 5.65 Å². The van der Waals surface area contributed by atoms with E-state index >= 15 is 0 Å². The third-order valence-corrected chi connectivity index (χ3v) is 5.54. The van der Waals surface area contributed by atoms with Crippen molar-refractivity contribution in [2.24, 2.45) is 0 Å². The summed E-state index contributed by atoms with van der Waals surface area (Å²) in [4.78, 5) is 17.7. The van der Waals surface area contributed by atoms with Gasteiger partial charge in [0.15, 0.2) is 0 Å². The van der Waals surface area contributed by atoms with Gasteiger partial charge >= 0.3 is 0 Å². The number of hydrogen-bond donors (Lipinski definition) is 0. The molecule has 0 saturated heterocycles. The predicted molar refractivity (Wildman–Crippen MR) is 108 cm³/mol. The molecule has 0 amide bonds. The van der Waals surface area contributed by atoms with Crippen LogP contribution in [0, 0.1) is 0 Å². The van der Waals surface area contributed by atoms with Crippen molar-refractivity contribution in [3.63, 3.8) is 0 Å². The van der Waals surface area contributed by atoms with Crippen LogP contribution in [0.2, 0.25) is 0 Å². The van der Waals surface area contributed by atoms with Crippen LogP contribution in [-0.2, 0) is 19.3 Å². The number of benzene rings is 2. The van der Waals surface area contributed by atoms with Crippen LogP contribution < -0.4 is 5.56 Å². The van der Waals surface area contributed by atoms with Crippen LogP contribution in [-0.4, -0.2) is 14.0 Å². The number of hydrogen-bond acceptors (Lipinski definition) is 2. The van der Waals surface area contributed by atoms with Crippen LogP contribution in [0.5, 0.6) is 0 Å². The van der Waals surface area contributed by atoms with Gasteiger partial charge in [-0.05, 0) is 54.5 Å². The molecule has 2 heterocycles. The summed E-state index contributed by atoms with van der Waals surface area (Å²) in [5.41, 5.74) is 7.19. The van der Waals surface area contributed by atoms with Crippen LogP contribution in [0.25, 0.3) is 22.6 Å². The molecule has 1 aliphatic carbocycles. The van der Waals surface area contributed by atoms with Crippen LogP contribution >= 0.6 is 0 Å². The molecule has 2 aromatic heterocycles. The molecule has 0 bridgehead atoms. The molecule has 0 N–H and O–H groups in total. The van der Waals surface area contributed by atoms with E-state index in [1.54, 1.807) is 4.57 Å². The zero-order chi connectivity index (χ0) is 18.4. The highest BCUT2D eigenvalue weighted by Gasteiger charge is 2.14. The summed E-state index contributed by atoms with van der Waals surface area (Å²) in [6, 6.07) is 14.7. The minimum Gasteiger partial charge on any atom is -0.300 e. The van der Waals surface area contributed by atoms with Crippen molar-refractivity contribution in [1.29, 1.82) is 0 Å². The molecule has 0 spiro atoms. The number of imidazole rings is 1. The zero-order valence-electron chi connectivity index (χ0n) is 15.4. The summed E-state index contributed by atoms with van der Waals surface area (Å²) >= 11 is 0. The summed E-state index contributed by atoms with van der Waals surface area (Å²) in [6.07, 6.45) is 10.1. The van der Waals surface area contributed by atoms with Crippen molar-refractivity contribution in [2.75, 3.05) is 0 Å². The highest BCUT2D eigenvalue weighted by Crippen LogP contribution is 2.24. The Kier molecular flexibility index (Phi) is 3.71. The number of aryl methyl sites for hydroxylation is 3. The highest BCUT2D eigenvalue weighted by molar-refractivity contribution is 5.62. The van der Waals surface area contributed by atoms with Crippen molar-refractivity contribution in [3.8, 4) is 16.9 Å². The Morgan fingerprint density at radius 3 is 2.63 bits per heavy atom. The molecule has 0 unspecified atom stereocenters. The number of nitrogens with zero attached hydrogens (tertiary/aromatic N) is 3. The summed E-state index contributed by atoms with van der Waals surface area (Å²) in [7, 11) is 0. The summed E-state index contributed by atoms with van der Waals surface area (Å²) in [5, 5.41) is 0. The fourth-order valence-corrected chi connectivity index (χ4v) is 3.94. The Morgan fingerprint density at radius 2 is 1.81 bits per heavy atom. The van der Waals surface area contributed by atoms with E-state index in [4.69, 9.17) is 0 Å². The molecule has 4 heteroatoms. The molecule has 0 aliphatic heterocycles. The average molecular weight is 355 g/mol. The fourth-order valence-electron chi connectivity index (χ4n) is 3.94. The molecule has 4 aromatic rings. The Labute approximate surface area is 157 Å². The second-order valence-electron chi connectivity index (χ2n) is 7.19. The van der Waals surface area contributed by atoms with Gasteiger partial charge in [0.05, 0.1) is 5.69 Å². The Balaban J connectivity index is 1.60. The maximum atomic E-state index is 13.1. The SMILES string of the molecule is CCc1ccc(-c2cn3ccn(-c4ccc5c(c4)CCC5)c(=O)c3n2)cc1. The lowest BCUT2D eigenvalue weighted by atomic mass is 10.1. The Bertz CT molecular complexity index is 1200. The van der Waals surface area contributed by atoms with Crippen molar-refractivity contribution in [3.05, 3.63) is 88.1 Å². The van der Waals surface area contributed by atoms with E-state index in [0.29, 0.717) is 5.65 Å². The van der Waals surface area contributed by atoms with E-state index < -0.39 is 0 Å². The quantitative estimate of drug-likeness (QED) is 0.552. The lowest BCUT2D eigenvalue weighted by Crippen LogP contribution is -2.20. The van der Waals surface area contributed by atoms with Crippen LogP contribution in [0.15, 0.2) is 65.8 Å². The van der Waals surface area contributed by atoms with Crippen molar-refractivity contribution in [1.82, 2.24) is 14.0 Å². The Hall–Kier alpha value is -3.14. The van der Waals surface area contributed by atoms with Gasteiger partial charge in [-0.3, -0.25) is 9.36 Å². The highest BCUT2D eigenvalue weighted by atomic mass is 16.1. The van der Waals surface area contributed by atoms with Gasteiger partial charge in [0.25, 0.3) is 5.56 Å². The van der Waals surface area contributed by atoms with Gasteiger partial charge in [-0.25, -0.2) is 4.98 Å². The summed E-state index contributed by atoms with van der Waals surface area (Å²) in [5.74, 6) is 0. The first-order valence-corrected chi connectivity index (χ1v) is 9.55. The number of fused-ring (bicyclic) bond motifs is 2. The van der Waals surface area contributed by atoms with Gasteiger partial charge in [-0.2, -0.15) is 0 Å². The molecular weight excluding hydrogens is 334 g/mol. The fraction of sp³-hybridized carbons (Fsp3) is 0.217. The lowest BCUT2D eigenvalue weighted by Gasteiger charge is -2.08. The predicted octanol–water partition coefficient (Wildman–Crippen LogP) is 4.20. The molecule has 27 heavy (non-hydrogen) atoms. The summed E-state index contributed by atoms with van der Waals surface area (Å²) < 4.78 is 3.51. The van der Waals surface area contributed by atoms with E-state index in [1.807, 2.05) is 29.1 Å². The first-order valence-electron chi connectivity index (χ1n) is 9.55. The molecule has 0 saturated carbocycles. The van der Waals surface area contributed by atoms with Crippen LogP contribution in [0.1, 0.15) is 30.0 Å². The van der Waals surface area contributed by atoms with E-state index in [0.717, 1.165) is 36.2 Å². The molecule has 0 radical (unpaired) electrons. The first kappa shape index (κ1) is 16.1. The minimum atomic E-state index is -0.0909. The van der Waals surface area contributed by atoms with Crippen LogP contribution in [0.3, 0.4) is 0 Å². The first-order chi connectivity index (χ1) is 13.2. The van der Waals surface area contributed by atoms with Gasteiger partial charge in [-0.1, -0.05) is 37.3 Å².